The van der Waals surface area contributed by atoms with E-state index < -0.39 is 43.3 Å². The molecule has 0 amide bonds. The number of H-pyrrole nitrogens is 1. The number of nitrogen functional groups attached to an aromatic ring is 1. The van der Waals surface area contributed by atoms with E-state index >= 15 is 0 Å². The fraction of sp³-hybridized carbons (Fsp3) is 0.684. The predicted molar refractivity (Wildman–Crippen MR) is 124 cm³/mol. The van der Waals surface area contributed by atoms with Crippen molar-refractivity contribution >= 4 is 42.2 Å². The van der Waals surface area contributed by atoms with Gasteiger partial charge in [0.1, 0.15) is 31.0 Å². The average Bonchev–Trinajstić information content (AvgIpc) is 3.28. The van der Waals surface area contributed by atoms with Gasteiger partial charge in [-0.15, -0.1) is 9.05 Å². The van der Waals surface area contributed by atoms with Crippen LogP contribution in [-0.4, -0.2) is 71.6 Å². The highest BCUT2D eigenvalue weighted by atomic mass is 32.2. The molecule has 0 spiro atoms. The summed E-state index contributed by atoms with van der Waals surface area (Å²) < 4.78 is 29.4. The van der Waals surface area contributed by atoms with Crippen molar-refractivity contribution in [1.29, 1.82) is 0 Å². The molecule has 1 aliphatic rings. The largest absolute Gasteiger partial charge is 0.697 e. The molecule has 0 radical (unpaired) electrons. The first-order valence-electron chi connectivity index (χ1n) is 10.6. The monoisotopic (exact) mass is 518 g/mol. The van der Waals surface area contributed by atoms with E-state index in [0.717, 1.165) is 11.8 Å². The van der Waals surface area contributed by atoms with E-state index in [1.165, 1.54) is 17.8 Å². The number of nitrogens with zero attached hydrogens (tertiary/aromatic N) is 3. The van der Waals surface area contributed by atoms with Gasteiger partial charge in [0.2, 0.25) is 5.95 Å². The van der Waals surface area contributed by atoms with Gasteiger partial charge in [0.15, 0.2) is 22.5 Å². The van der Waals surface area contributed by atoms with Crippen LogP contribution in [0.5, 0.6) is 0 Å². The van der Waals surface area contributed by atoms with Crippen molar-refractivity contribution in [2.75, 3.05) is 24.7 Å². The summed E-state index contributed by atoms with van der Waals surface area (Å²) in [5.74, 6) is 0.166. The lowest BCUT2D eigenvalue weighted by Crippen LogP contribution is -2.44. The number of carbonyl (C=O) groups excluding carboxylic acids is 1. The number of aromatic amines is 1. The lowest BCUT2D eigenvalue weighted by atomic mass is 9.92. The Kier molecular flexibility index (Phi) is 8.13. The number of rotatable bonds is 10. The number of hydrogen-bond acceptors (Lipinski definition) is 12. The van der Waals surface area contributed by atoms with Crippen LogP contribution in [0.4, 0.5) is 5.95 Å². The van der Waals surface area contributed by atoms with Crippen LogP contribution in [0.25, 0.3) is 11.2 Å². The number of ether oxygens (including phenoxy) is 1. The molecule has 3 heterocycles. The normalized spacial score (nSPS) is 25.7. The van der Waals surface area contributed by atoms with Gasteiger partial charge in [-0.25, -0.2) is 4.98 Å². The summed E-state index contributed by atoms with van der Waals surface area (Å²) in [6.07, 6.45) is -1.73. The zero-order chi connectivity index (χ0) is 25.3. The molecule has 188 valence electrons. The van der Waals surface area contributed by atoms with Gasteiger partial charge in [0.05, 0.1) is 6.33 Å². The van der Waals surface area contributed by atoms with Gasteiger partial charge in [-0.05, 0) is 13.3 Å². The second-order valence-corrected chi connectivity index (χ2v) is 10.7. The third-order valence-corrected chi connectivity index (χ3v) is 7.69. The number of aromatic nitrogens is 4. The highest BCUT2D eigenvalue weighted by molar-refractivity contribution is 8.13. The molecule has 1 saturated heterocycles. The molecule has 2 aromatic heterocycles. The number of nitrogens with two attached hydrogens (primary N) is 1. The summed E-state index contributed by atoms with van der Waals surface area (Å²) in [5.41, 5.74) is 2.82. The molecule has 5 atom stereocenters. The number of fused-ring (bicyclic) bond motifs is 1. The Hall–Kier alpha value is -1.93. The number of nitrogens with one attached hydrogen (secondary N) is 1. The van der Waals surface area contributed by atoms with Crippen LogP contribution in [0.2, 0.25) is 0 Å². The topological polar surface area (TPSA) is 192 Å². The molecule has 2 aromatic rings. The summed E-state index contributed by atoms with van der Waals surface area (Å²) in [4.78, 5) is 34.4. The van der Waals surface area contributed by atoms with Crippen LogP contribution in [0.15, 0.2) is 11.1 Å². The lowest BCUT2D eigenvalue weighted by molar-refractivity contribution is -0.118. The van der Waals surface area contributed by atoms with Gasteiger partial charge in [0, 0.05) is 15.7 Å². The third-order valence-electron chi connectivity index (χ3n) is 5.75. The van der Waals surface area contributed by atoms with Gasteiger partial charge in [-0.3, -0.25) is 19.1 Å². The molecule has 3 rings (SSSR count). The molecule has 13 nitrogen and oxygen atoms in total. The molecule has 0 saturated carbocycles. The minimum Gasteiger partial charge on any atom is -0.387 e. The minimum absolute atomic E-state index is 0.0158. The van der Waals surface area contributed by atoms with Crippen LogP contribution in [0.1, 0.15) is 40.3 Å². The maximum absolute atomic E-state index is 12.1. The Labute approximate surface area is 200 Å². The highest BCUT2D eigenvalue weighted by Crippen LogP contribution is 2.40. The highest BCUT2D eigenvalue weighted by Gasteiger charge is 2.54. The number of imidazole rings is 1. The number of thioether (sulfide) groups is 1. The molecule has 0 aliphatic carbocycles. The SMILES string of the molecule is CCC(C)(C)C(=O)SCCO[P+](=O)OC[C@H]1OC(n2cnc3c(=O)[nH]c(N)nc32)[C@@](C)(O)[C@H]1O. The van der Waals surface area contributed by atoms with Crippen molar-refractivity contribution in [3.8, 4) is 0 Å². The average molecular weight is 519 g/mol. The summed E-state index contributed by atoms with van der Waals surface area (Å²) in [5, 5.41) is 21.5. The van der Waals surface area contributed by atoms with Crippen molar-refractivity contribution in [2.24, 2.45) is 5.41 Å². The van der Waals surface area contributed by atoms with Gasteiger partial charge in [-0.1, -0.05) is 32.5 Å². The third kappa shape index (κ3) is 5.48. The summed E-state index contributed by atoms with van der Waals surface area (Å²) >= 11 is 1.10. The van der Waals surface area contributed by atoms with Crippen molar-refractivity contribution < 1.29 is 33.4 Å². The van der Waals surface area contributed by atoms with E-state index in [1.807, 2.05) is 20.8 Å². The van der Waals surface area contributed by atoms with Crippen LogP contribution in [-0.2, 0) is 23.1 Å². The van der Waals surface area contributed by atoms with Gasteiger partial charge < -0.3 is 20.7 Å². The fourth-order valence-electron chi connectivity index (χ4n) is 3.25. The molecular weight excluding hydrogens is 489 g/mol. The van der Waals surface area contributed by atoms with E-state index in [2.05, 4.69) is 15.0 Å². The van der Waals surface area contributed by atoms with E-state index in [4.69, 9.17) is 19.5 Å². The van der Waals surface area contributed by atoms with Crippen molar-refractivity contribution in [3.05, 3.63) is 16.7 Å². The number of hydrogen-bond donors (Lipinski definition) is 4. The van der Waals surface area contributed by atoms with E-state index in [-0.39, 0.29) is 35.4 Å². The molecule has 2 unspecified atom stereocenters. The smallest absolute Gasteiger partial charge is 0.387 e. The van der Waals surface area contributed by atoms with Crippen LogP contribution in [0.3, 0.4) is 0 Å². The van der Waals surface area contributed by atoms with Gasteiger partial charge in [-0.2, -0.15) is 4.98 Å². The second kappa shape index (κ2) is 10.4. The summed E-state index contributed by atoms with van der Waals surface area (Å²) in [6, 6.07) is 0. The molecule has 34 heavy (non-hydrogen) atoms. The molecule has 0 aromatic carbocycles. The Bertz CT molecular complexity index is 1120. The number of aliphatic hydroxyl groups excluding tert-OH is 1. The van der Waals surface area contributed by atoms with E-state index in [1.54, 1.807) is 0 Å². The van der Waals surface area contributed by atoms with Crippen molar-refractivity contribution in [3.63, 3.8) is 0 Å². The molecule has 1 aliphatic heterocycles. The maximum Gasteiger partial charge on any atom is 0.697 e. The molecule has 0 bridgehead atoms. The van der Waals surface area contributed by atoms with Crippen LogP contribution < -0.4 is 11.3 Å². The molecular formula is C19H29N5O8PS+. The van der Waals surface area contributed by atoms with Gasteiger partial charge in [0.25, 0.3) is 5.56 Å². The van der Waals surface area contributed by atoms with Crippen LogP contribution in [0, 0.1) is 5.41 Å². The Morgan fingerprint density at radius 1 is 1.47 bits per heavy atom. The van der Waals surface area contributed by atoms with Crippen molar-refractivity contribution in [2.45, 2.75) is 58.2 Å². The van der Waals surface area contributed by atoms with Crippen LogP contribution >= 0.6 is 20.0 Å². The predicted octanol–water partition coefficient (Wildman–Crippen LogP) is 1.10. The number of aliphatic hydroxyl groups is 2. The van der Waals surface area contributed by atoms with E-state index in [9.17, 15) is 24.4 Å². The summed E-state index contributed by atoms with van der Waals surface area (Å²) in [7, 11) is -2.55. The maximum atomic E-state index is 12.1. The summed E-state index contributed by atoms with van der Waals surface area (Å²) in [6.45, 7) is 6.67. The zero-order valence-electron chi connectivity index (χ0n) is 19.3. The Morgan fingerprint density at radius 3 is 2.85 bits per heavy atom. The number of anilines is 1. The Balaban J connectivity index is 1.57. The lowest BCUT2D eigenvalue weighted by Gasteiger charge is -2.27. The first kappa shape index (κ1) is 26.7. The molecule has 1 fully saturated rings. The minimum atomic E-state index is -2.55. The Morgan fingerprint density at radius 2 is 2.18 bits per heavy atom. The second-order valence-electron chi connectivity index (χ2n) is 8.70. The number of carbonyl (C=O) groups is 1. The zero-order valence-corrected chi connectivity index (χ0v) is 21.0. The molecule has 5 N–H and O–H groups in total. The van der Waals surface area contributed by atoms with Gasteiger partial charge >= 0.3 is 8.25 Å². The fourth-order valence-corrected chi connectivity index (χ4v) is 4.84. The molecule has 15 heteroatoms. The standard InChI is InChI=1S/C19H28N5O8PS/c1-5-18(2,3)16(27)34-7-6-30-33(29)31-8-10-12(25)19(4,28)15(32-10)24-9-21-11-13(24)22-17(20)23-14(11)26/h9-10,12,15,25,28H,5-8H2,1-4H3,(H2-,20,22,23,26)/p+1/t10-,12+,15?,19+/m1/s1. The first-order chi connectivity index (χ1) is 15.9. The van der Waals surface area contributed by atoms with E-state index in [0.29, 0.717) is 12.2 Å². The quantitative estimate of drug-likeness (QED) is 0.259. The van der Waals surface area contributed by atoms with Crippen molar-refractivity contribution in [1.82, 2.24) is 19.5 Å². The first-order valence-corrected chi connectivity index (χ1v) is 12.6.